The number of carboxylic acid groups (broad SMARTS) is 1. The second kappa shape index (κ2) is 25.7. The molecule has 8 rings (SSSR count). The fourth-order valence-electron chi connectivity index (χ4n) is 4.65. The van der Waals surface area contributed by atoms with Crippen molar-refractivity contribution in [2.24, 2.45) is 0 Å². The number of hydrogen-bond acceptors (Lipinski definition) is 6. The van der Waals surface area contributed by atoms with E-state index in [1.54, 1.807) is 60.9 Å². The third kappa shape index (κ3) is 15.1. The maximum Gasteiger partial charge on any atom is 0.354 e. The van der Waals surface area contributed by atoms with Gasteiger partial charge in [0.25, 0.3) is 0 Å². The first-order chi connectivity index (χ1) is 26.8. The van der Waals surface area contributed by atoms with E-state index in [0.29, 0.717) is 11.4 Å². The Bertz CT molecular complexity index is 2270. The molecule has 0 saturated carbocycles. The fourth-order valence-corrected chi connectivity index (χ4v) is 4.65. The molecule has 299 valence electrons. The zero-order chi connectivity index (χ0) is 38.8. The van der Waals surface area contributed by atoms with Gasteiger partial charge in [-0.2, -0.15) is 0 Å². The predicted octanol–water partition coefficient (Wildman–Crippen LogP) is 10.0. The molecule has 5 heterocycles. The summed E-state index contributed by atoms with van der Waals surface area (Å²) in [7, 11) is 0. The van der Waals surface area contributed by atoms with Crippen LogP contribution in [0.15, 0.2) is 164 Å². The van der Waals surface area contributed by atoms with Crippen molar-refractivity contribution in [3.8, 4) is 44.9 Å². The van der Waals surface area contributed by atoms with Gasteiger partial charge >= 0.3 is 5.97 Å². The normalized spacial score (nSPS) is 9.45. The molecule has 0 saturated heterocycles. The fraction of sp³-hybridized carbons (Fsp3) is 0. The smallest absolute Gasteiger partial charge is 0.354 e. The van der Waals surface area contributed by atoms with Crippen LogP contribution < -0.4 is 0 Å². The molecule has 58 heavy (non-hydrogen) atoms. The topological polar surface area (TPSA) is 102 Å². The molecule has 8 aromatic rings. The average molecular weight is 1310 g/mol. The molecule has 0 fully saturated rings. The number of rotatable bonds is 5. The average Bonchev–Trinajstić information content (AvgIpc) is 3.23. The van der Waals surface area contributed by atoms with Crippen molar-refractivity contribution in [1.29, 1.82) is 0 Å². The van der Waals surface area contributed by atoms with Gasteiger partial charge in [-0.05, 0) is 53.0 Å². The van der Waals surface area contributed by atoms with Crippen LogP contribution in [0.5, 0.6) is 0 Å². The number of nitrogens with zero attached hydrogens (tertiary/aromatic N) is 5. The number of carbonyl (C=O) groups is 1. The number of aromatic carboxylic acids is 1. The van der Waals surface area contributed by atoms with Crippen molar-refractivity contribution in [2.75, 3.05) is 0 Å². The monoisotopic (exact) mass is 1310 g/mol. The Balaban J connectivity index is 0.000000269. The largest absolute Gasteiger partial charge is 0.477 e. The summed E-state index contributed by atoms with van der Waals surface area (Å²) in [6.45, 7) is 0. The van der Waals surface area contributed by atoms with Gasteiger partial charge in [0.2, 0.25) is 0 Å². The number of benzene rings is 3. The summed E-state index contributed by atoms with van der Waals surface area (Å²) in [5.41, 5.74) is 5.56. The van der Waals surface area contributed by atoms with E-state index in [4.69, 9.17) is 5.11 Å². The summed E-state index contributed by atoms with van der Waals surface area (Å²) in [6.07, 6.45) is 6.32. The van der Waals surface area contributed by atoms with E-state index in [1.165, 1.54) is 29.6 Å². The zero-order valence-corrected chi connectivity index (χ0v) is 36.9. The van der Waals surface area contributed by atoms with Crippen LogP contribution in [0.25, 0.3) is 44.9 Å². The molecule has 3 radical (unpaired) electrons. The molecular weight excluding hydrogens is 1280 g/mol. The quantitative estimate of drug-likeness (QED) is 0.104. The standard InChI is InChI=1S/C17H12N.C11H6F2N.C10H5F2N2.C6H5NO2.3Ir/c1-2-7-14(8-3-1)15-9-6-10-16(13-15)17-11-4-5-12-18-17;12-8-4-5-9(10(13)7-8)11-3-1-2-6-14-11;11-9-5-4-7(10(12)14-9)8-3-1-2-6-13-8;8-6(9)5-3-1-2-4-7-5;;;/h1-9,11-13H;1-4,6-7H;1-3,5-6H;1-4H,(H,8,9);;;/q3*-1;;;;. The van der Waals surface area contributed by atoms with Crippen molar-refractivity contribution >= 4 is 5.97 Å². The molecule has 3 aromatic carbocycles. The number of carboxylic acids is 1. The minimum atomic E-state index is -0.990. The van der Waals surface area contributed by atoms with Crippen LogP contribution in [0.1, 0.15) is 10.5 Å². The molecule has 0 aliphatic carbocycles. The molecule has 5 aromatic heterocycles. The minimum Gasteiger partial charge on any atom is -0.477 e. The van der Waals surface area contributed by atoms with Crippen LogP contribution in [0.4, 0.5) is 17.6 Å². The van der Waals surface area contributed by atoms with E-state index >= 15 is 0 Å². The summed E-state index contributed by atoms with van der Waals surface area (Å²) in [5, 5.41) is 8.32. The van der Waals surface area contributed by atoms with E-state index in [0.717, 1.165) is 29.5 Å². The van der Waals surface area contributed by atoms with Gasteiger partial charge in [-0.15, -0.1) is 53.6 Å². The molecule has 0 unspecified atom stereocenters. The van der Waals surface area contributed by atoms with E-state index < -0.39 is 29.5 Å². The maximum absolute atomic E-state index is 13.2. The Morgan fingerprint density at radius 1 is 0.534 bits per heavy atom. The minimum absolute atomic E-state index is 0. The van der Waals surface area contributed by atoms with Gasteiger partial charge in [0, 0.05) is 96.7 Å². The SMILES string of the molecule is Fc1c[c-]c(-c2ccccn2)c(F)c1.Fc1c[c-]c(-c2ccccn2)c(F)n1.O=C(O)c1ccccn1.[Ir].[Ir].[Ir].[c-]1ccc(-c2ccccc2)cc1-c1ccccn1. The van der Waals surface area contributed by atoms with Crippen LogP contribution in [-0.4, -0.2) is 36.0 Å². The summed E-state index contributed by atoms with van der Waals surface area (Å²) in [5.74, 6) is -4.06. The van der Waals surface area contributed by atoms with Crippen LogP contribution in [-0.2, 0) is 60.3 Å². The summed E-state index contributed by atoms with van der Waals surface area (Å²) >= 11 is 0. The van der Waals surface area contributed by atoms with E-state index in [-0.39, 0.29) is 77.1 Å². The predicted molar refractivity (Wildman–Crippen MR) is 200 cm³/mol. The molecule has 0 amide bonds. The molecule has 0 bridgehead atoms. The van der Waals surface area contributed by atoms with Gasteiger partial charge in [0.15, 0.2) is 0 Å². The first-order valence-corrected chi connectivity index (χ1v) is 16.3. The number of hydrogen-bond donors (Lipinski definition) is 1. The van der Waals surface area contributed by atoms with Crippen LogP contribution in [0.3, 0.4) is 0 Å². The number of halogens is 4. The third-order valence-corrected chi connectivity index (χ3v) is 7.18. The molecule has 0 aliphatic heterocycles. The zero-order valence-electron chi connectivity index (χ0n) is 29.7. The Labute approximate surface area is 372 Å². The molecule has 0 atom stereocenters. The Kier molecular flexibility index (Phi) is 21.6. The second-order valence-electron chi connectivity index (χ2n) is 11.0. The van der Waals surface area contributed by atoms with Gasteiger partial charge < -0.3 is 20.1 Å². The Hall–Kier alpha value is -5.45. The molecule has 14 heteroatoms. The van der Waals surface area contributed by atoms with Crippen LogP contribution in [0, 0.1) is 41.7 Å². The molecule has 7 nitrogen and oxygen atoms in total. The van der Waals surface area contributed by atoms with Crippen molar-refractivity contribution in [1.82, 2.24) is 24.9 Å². The van der Waals surface area contributed by atoms with Crippen LogP contribution >= 0.6 is 0 Å². The summed E-state index contributed by atoms with van der Waals surface area (Å²) in [4.78, 5) is 29.0. The first-order valence-electron chi connectivity index (χ1n) is 16.3. The number of aromatic nitrogens is 5. The van der Waals surface area contributed by atoms with Crippen molar-refractivity contribution < 1.29 is 87.8 Å². The Morgan fingerprint density at radius 3 is 1.57 bits per heavy atom. The molecule has 0 spiro atoms. The van der Waals surface area contributed by atoms with E-state index in [9.17, 15) is 22.4 Å². The van der Waals surface area contributed by atoms with Crippen molar-refractivity contribution in [3.05, 3.63) is 212 Å². The van der Waals surface area contributed by atoms with Gasteiger partial charge in [0.1, 0.15) is 17.6 Å². The van der Waals surface area contributed by atoms with E-state index in [2.05, 4.69) is 67.4 Å². The van der Waals surface area contributed by atoms with Gasteiger partial charge in [0.05, 0.1) is 0 Å². The summed E-state index contributed by atoms with van der Waals surface area (Å²) < 4.78 is 51.4. The Morgan fingerprint density at radius 2 is 1.07 bits per heavy atom. The van der Waals surface area contributed by atoms with Gasteiger partial charge in [-0.25, -0.2) is 18.6 Å². The van der Waals surface area contributed by atoms with Gasteiger partial charge in [-0.3, -0.25) is 13.8 Å². The maximum atomic E-state index is 13.2. The number of pyridine rings is 5. The molecular formula is C44H28F4Ir3N5O2-3. The molecule has 1 N–H and O–H groups in total. The second-order valence-corrected chi connectivity index (χ2v) is 11.0. The van der Waals surface area contributed by atoms with Crippen LogP contribution in [0.2, 0.25) is 0 Å². The summed E-state index contributed by atoms with van der Waals surface area (Å²) in [6, 6.07) is 48.4. The molecule has 0 aliphatic rings. The first kappa shape index (κ1) is 48.7. The van der Waals surface area contributed by atoms with Gasteiger partial charge in [-0.1, -0.05) is 96.1 Å². The third-order valence-electron chi connectivity index (χ3n) is 7.18. The van der Waals surface area contributed by atoms with Crippen molar-refractivity contribution in [3.63, 3.8) is 0 Å². The van der Waals surface area contributed by atoms with Crippen molar-refractivity contribution in [2.45, 2.75) is 0 Å². The van der Waals surface area contributed by atoms with E-state index in [1.807, 2.05) is 42.5 Å².